The number of amides is 1. The zero-order chi connectivity index (χ0) is 15.1. The first-order chi connectivity index (χ1) is 9.43. The van der Waals surface area contributed by atoms with Crippen molar-refractivity contribution in [3.8, 4) is 0 Å². The van der Waals surface area contributed by atoms with Crippen molar-refractivity contribution in [2.75, 3.05) is 34.3 Å². The van der Waals surface area contributed by atoms with Gasteiger partial charge in [0.1, 0.15) is 0 Å². The van der Waals surface area contributed by atoms with Gasteiger partial charge in [-0.25, -0.2) is 0 Å². The van der Waals surface area contributed by atoms with Crippen molar-refractivity contribution >= 4 is 27.8 Å². The molecule has 20 heavy (non-hydrogen) atoms. The quantitative estimate of drug-likeness (QED) is 0.735. The van der Waals surface area contributed by atoms with Gasteiger partial charge in [0.25, 0.3) is 0 Å². The molecule has 0 bridgehead atoms. The number of carbonyl (C=O) groups is 2. The molecule has 1 aromatic rings. The molecule has 110 valence electrons. The van der Waals surface area contributed by atoms with Crippen LogP contribution in [-0.4, -0.2) is 56.0 Å². The van der Waals surface area contributed by atoms with E-state index in [0.717, 1.165) is 10.0 Å². The first kappa shape index (κ1) is 16.7. The van der Waals surface area contributed by atoms with E-state index in [2.05, 4.69) is 20.7 Å². The molecule has 0 atom stereocenters. The molecule has 0 aliphatic carbocycles. The summed E-state index contributed by atoms with van der Waals surface area (Å²) in [5, 5.41) is 0. The van der Waals surface area contributed by atoms with E-state index >= 15 is 0 Å². The predicted octanol–water partition coefficient (Wildman–Crippen LogP) is 1.51. The fourth-order valence-corrected chi connectivity index (χ4v) is 2.07. The highest BCUT2D eigenvalue weighted by atomic mass is 79.9. The van der Waals surface area contributed by atoms with Crippen LogP contribution in [0, 0.1) is 0 Å². The van der Waals surface area contributed by atoms with Crippen LogP contribution in [0.3, 0.4) is 0 Å². The van der Waals surface area contributed by atoms with Gasteiger partial charge in [-0.3, -0.25) is 14.5 Å². The van der Waals surface area contributed by atoms with Crippen LogP contribution in [0.1, 0.15) is 5.56 Å². The summed E-state index contributed by atoms with van der Waals surface area (Å²) in [7, 11) is 4.78. The van der Waals surface area contributed by atoms with Crippen LogP contribution in [0.2, 0.25) is 0 Å². The van der Waals surface area contributed by atoms with Gasteiger partial charge >= 0.3 is 5.97 Å². The van der Waals surface area contributed by atoms with Gasteiger partial charge in [-0.2, -0.15) is 0 Å². The number of nitrogens with zero attached hydrogens (tertiary/aromatic N) is 2. The van der Waals surface area contributed by atoms with E-state index in [0.29, 0.717) is 6.54 Å². The molecule has 5 nitrogen and oxygen atoms in total. The molecule has 0 aliphatic heterocycles. The minimum atomic E-state index is -0.353. The summed E-state index contributed by atoms with van der Waals surface area (Å²) in [6.07, 6.45) is 0. The molecule has 0 saturated heterocycles. The van der Waals surface area contributed by atoms with Gasteiger partial charge in [0.05, 0.1) is 20.2 Å². The van der Waals surface area contributed by atoms with E-state index in [4.69, 9.17) is 0 Å². The number of methoxy groups -OCH3 is 1. The first-order valence-electron chi connectivity index (χ1n) is 6.16. The van der Waals surface area contributed by atoms with Crippen molar-refractivity contribution in [1.29, 1.82) is 0 Å². The first-order valence-corrected chi connectivity index (χ1v) is 6.96. The standard InChI is InChI=1S/C14H19BrN2O3/c1-16(10-14(19)20-3)9-13(18)17(2)8-11-6-4-5-7-12(11)15/h4-7H,8-10H2,1-3H3. The van der Waals surface area contributed by atoms with Gasteiger partial charge in [0.15, 0.2) is 0 Å². The second-order valence-corrected chi connectivity index (χ2v) is 5.44. The molecule has 0 saturated carbocycles. The van der Waals surface area contributed by atoms with E-state index in [9.17, 15) is 9.59 Å². The summed E-state index contributed by atoms with van der Waals surface area (Å²) in [5.41, 5.74) is 1.04. The van der Waals surface area contributed by atoms with Crippen LogP contribution >= 0.6 is 15.9 Å². The Morgan fingerprint density at radius 2 is 1.85 bits per heavy atom. The Hall–Kier alpha value is -1.40. The number of benzene rings is 1. The van der Waals surface area contributed by atoms with Crippen molar-refractivity contribution in [1.82, 2.24) is 9.80 Å². The Balaban J connectivity index is 2.51. The lowest BCUT2D eigenvalue weighted by molar-refractivity contribution is -0.142. The number of hydrogen-bond donors (Lipinski definition) is 0. The molecule has 0 unspecified atom stereocenters. The molecular weight excluding hydrogens is 324 g/mol. The summed E-state index contributed by atoms with van der Waals surface area (Å²) in [5.74, 6) is -0.402. The SMILES string of the molecule is COC(=O)CN(C)CC(=O)N(C)Cc1ccccc1Br. The fourth-order valence-electron chi connectivity index (χ4n) is 1.66. The maximum Gasteiger partial charge on any atom is 0.319 e. The number of halogens is 1. The smallest absolute Gasteiger partial charge is 0.319 e. The largest absolute Gasteiger partial charge is 0.468 e. The van der Waals surface area contributed by atoms with Crippen molar-refractivity contribution in [3.63, 3.8) is 0 Å². The Labute approximate surface area is 127 Å². The third-order valence-electron chi connectivity index (χ3n) is 2.82. The van der Waals surface area contributed by atoms with Crippen LogP contribution in [-0.2, 0) is 20.9 Å². The van der Waals surface area contributed by atoms with Gasteiger partial charge in [0.2, 0.25) is 5.91 Å². The molecule has 0 aliphatic rings. The molecule has 0 radical (unpaired) electrons. The molecule has 0 heterocycles. The highest BCUT2D eigenvalue weighted by Crippen LogP contribution is 2.17. The van der Waals surface area contributed by atoms with Crippen LogP contribution < -0.4 is 0 Å². The molecule has 1 rings (SSSR count). The Kier molecular flexibility index (Phi) is 6.67. The van der Waals surface area contributed by atoms with Gasteiger partial charge in [-0.1, -0.05) is 34.1 Å². The van der Waals surface area contributed by atoms with Crippen molar-refractivity contribution in [3.05, 3.63) is 34.3 Å². The van der Waals surface area contributed by atoms with E-state index in [1.54, 1.807) is 23.9 Å². The second-order valence-electron chi connectivity index (χ2n) is 4.59. The van der Waals surface area contributed by atoms with E-state index in [-0.39, 0.29) is 25.0 Å². The molecule has 1 aromatic carbocycles. The second kappa shape index (κ2) is 8.01. The zero-order valence-corrected chi connectivity index (χ0v) is 13.5. The average molecular weight is 343 g/mol. The topological polar surface area (TPSA) is 49.9 Å². The van der Waals surface area contributed by atoms with Crippen LogP contribution in [0.5, 0.6) is 0 Å². The Morgan fingerprint density at radius 3 is 2.45 bits per heavy atom. The van der Waals surface area contributed by atoms with Crippen molar-refractivity contribution in [2.24, 2.45) is 0 Å². The highest BCUT2D eigenvalue weighted by Gasteiger charge is 2.15. The zero-order valence-electron chi connectivity index (χ0n) is 11.9. The lowest BCUT2D eigenvalue weighted by atomic mass is 10.2. The maximum atomic E-state index is 12.1. The van der Waals surface area contributed by atoms with Gasteiger partial charge in [-0.05, 0) is 18.7 Å². The lowest BCUT2D eigenvalue weighted by Crippen LogP contribution is -2.38. The fraction of sp³-hybridized carbons (Fsp3) is 0.429. The molecular formula is C14H19BrN2O3. The minimum absolute atomic E-state index is 0.0489. The molecule has 0 aromatic heterocycles. The number of hydrogen-bond acceptors (Lipinski definition) is 4. The number of rotatable bonds is 6. The summed E-state index contributed by atoms with van der Waals surface area (Å²) in [4.78, 5) is 26.4. The van der Waals surface area contributed by atoms with Crippen LogP contribution in [0.4, 0.5) is 0 Å². The number of esters is 1. The highest BCUT2D eigenvalue weighted by molar-refractivity contribution is 9.10. The van der Waals surface area contributed by atoms with Crippen LogP contribution in [0.15, 0.2) is 28.7 Å². The molecule has 0 fully saturated rings. The van der Waals surface area contributed by atoms with Gasteiger partial charge < -0.3 is 9.64 Å². The molecule has 1 amide bonds. The van der Waals surface area contributed by atoms with Crippen molar-refractivity contribution in [2.45, 2.75) is 6.54 Å². The van der Waals surface area contributed by atoms with E-state index in [1.165, 1.54) is 7.11 Å². The molecule has 0 spiro atoms. The molecule has 6 heteroatoms. The maximum absolute atomic E-state index is 12.1. The minimum Gasteiger partial charge on any atom is -0.468 e. The Bertz CT molecular complexity index is 479. The summed E-state index contributed by atoms with van der Waals surface area (Å²) < 4.78 is 5.54. The van der Waals surface area contributed by atoms with E-state index in [1.807, 2.05) is 24.3 Å². The third kappa shape index (κ3) is 5.30. The number of likely N-dealkylation sites (N-methyl/N-ethyl adjacent to an activating group) is 2. The summed E-state index contributed by atoms with van der Waals surface area (Å²) >= 11 is 3.46. The Morgan fingerprint density at radius 1 is 1.20 bits per heavy atom. The summed E-state index contributed by atoms with van der Waals surface area (Å²) in [6.45, 7) is 0.799. The van der Waals surface area contributed by atoms with Crippen LogP contribution in [0.25, 0.3) is 0 Å². The van der Waals surface area contributed by atoms with Gasteiger partial charge in [-0.15, -0.1) is 0 Å². The summed E-state index contributed by atoms with van der Waals surface area (Å²) in [6, 6.07) is 7.77. The third-order valence-corrected chi connectivity index (χ3v) is 3.60. The van der Waals surface area contributed by atoms with Crippen molar-refractivity contribution < 1.29 is 14.3 Å². The average Bonchev–Trinajstić information content (AvgIpc) is 2.40. The normalized spacial score (nSPS) is 10.4. The lowest BCUT2D eigenvalue weighted by Gasteiger charge is -2.21. The van der Waals surface area contributed by atoms with E-state index < -0.39 is 0 Å². The van der Waals surface area contributed by atoms with Gasteiger partial charge in [0, 0.05) is 18.1 Å². The molecule has 0 N–H and O–H groups in total. The number of carbonyl (C=O) groups excluding carboxylic acids is 2. The number of ether oxygens (including phenoxy) is 1. The monoisotopic (exact) mass is 342 g/mol. The predicted molar refractivity (Wildman–Crippen MR) is 80.1 cm³/mol.